The fraction of sp³-hybridized carbons (Fsp3) is 0.500. The van der Waals surface area contributed by atoms with Crippen molar-refractivity contribution in [2.75, 3.05) is 18.9 Å². The SMILES string of the molecule is CCOC(CN)CS(=O)(=O)c1cccc(C)c1. The highest BCUT2D eigenvalue weighted by atomic mass is 32.2. The number of aryl methyl sites for hydroxylation is 1. The van der Waals surface area contributed by atoms with Gasteiger partial charge in [-0.25, -0.2) is 8.42 Å². The zero-order valence-electron chi connectivity index (χ0n) is 10.2. The van der Waals surface area contributed by atoms with E-state index in [1.54, 1.807) is 18.2 Å². The van der Waals surface area contributed by atoms with Gasteiger partial charge in [0.05, 0.1) is 16.8 Å². The minimum atomic E-state index is -3.32. The molecule has 0 aliphatic carbocycles. The summed E-state index contributed by atoms with van der Waals surface area (Å²) in [6.45, 7) is 4.36. The van der Waals surface area contributed by atoms with E-state index >= 15 is 0 Å². The van der Waals surface area contributed by atoms with Gasteiger partial charge in [0.2, 0.25) is 0 Å². The van der Waals surface area contributed by atoms with E-state index in [-0.39, 0.29) is 12.3 Å². The summed E-state index contributed by atoms with van der Waals surface area (Å²) in [5.74, 6) is -0.0687. The molecule has 0 amide bonds. The first-order valence-electron chi connectivity index (χ1n) is 5.60. The molecule has 0 spiro atoms. The van der Waals surface area contributed by atoms with Crippen LogP contribution in [0.5, 0.6) is 0 Å². The molecular formula is C12H19NO3S. The summed E-state index contributed by atoms with van der Waals surface area (Å²) in [4.78, 5) is 0.329. The van der Waals surface area contributed by atoms with Crippen LogP contribution in [-0.4, -0.2) is 33.4 Å². The lowest BCUT2D eigenvalue weighted by Gasteiger charge is -2.15. The van der Waals surface area contributed by atoms with E-state index in [0.717, 1.165) is 5.56 Å². The Hall–Kier alpha value is -0.910. The first kappa shape index (κ1) is 14.2. The first-order chi connectivity index (χ1) is 7.99. The van der Waals surface area contributed by atoms with Crippen LogP contribution >= 0.6 is 0 Å². The predicted molar refractivity (Wildman–Crippen MR) is 67.7 cm³/mol. The van der Waals surface area contributed by atoms with Crippen LogP contribution in [0, 0.1) is 6.92 Å². The Morgan fingerprint density at radius 3 is 2.65 bits per heavy atom. The molecule has 0 heterocycles. The fourth-order valence-electron chi connectivity index (χ4n) is 1.57. The molecule has 17 heavy (non-hydrogen) atoms. The van der Waals surface area contributed by atoms with Gasteiger partial charge < -0.3 is 10.5 Å². The van der Waals surface area contributed by atoms with Crippen LogP contribution in [0.3, 0.4) is 0 Å². The average molecular weight is 257 g/mol. The van der Waals surface area contributed by atoms with E-state index in [1.807, 2.05) is 19.9 Å². The van der Waals surface area contributed by atoms with Crippen molar-refractivity contribution < 1.29 is 13.2 Å². The molecule has 0 saturated carbocycles. The van der Waals surface area contributed by atoms with Crippen molar-refractivity contribution in [2.24, 2.45) is 5.73 Å². The average Bonchev–Trinajstić information content (AvgIpc) is 2.28. The van der Waals surface area contributed by atoms with Crippen molar-refractivity contribution in [2.45, 2.75) is 24.8 Å². The van der Waals surface area contributed by atoms with Crippen LogP contribution < -0.4 is 5.73 Å². The molecule has 2 N–H and O–H groups in total. The zero-order chi connectivity index (χ0) is 12.9. The van der Waals surface area contributed by atoms with E-state index in [2.05, 4.69) is 0 Å². The van der Waals surface area contributed by atoms with Crippen LogP contribution in [0.2, 0.25) is 0 Å². The number of hydrogen-bond donors (Lipinski definition) is 1. The summed E-state index contributed by atoms with van der Waals surface area (Å²) >= 11 is 0. The van der Waals surface area contributed by atoms with Crippen molar-refractivity contribution in [1.82, 2.24) is 0 Å². The zero-order valence-corrected chi connectivity index (χ0v) is 11.0. The Balaban J connectivity index is 2.88. The summed E-state index contributed by atoms with van der Waals surface area (Å²) in [6.07, 6.45) is -0.439. The number of sulfone groups is 1. The highest BCUT2D eigenvalue weighted by molar-refractivity contribution is 7.91. The maximum Gasteiger partial charge on any atom is 0.180 e. The summed E-state index contributed by atoms with van der Waals surface area (Å²) in [7, 11) is -3.32. The van der Waals surface area contributed by atoms with Gasteiger partial charge in [-0.1, -0.05) is 12.1 Å². The Morgan fingerprint density at radius 2 is 2.12 bits per heavy atom. The molecule has 5 heteroatoms. The van der Waals surface area contributed by atoms with Gasteiger partial charge in [0.25, 0.3) is 0 Å². The van der Waals surface area contributed by atoms with Gasteiger partial charge in [0, 0.05) is 13.2 Å². The summed E-state index contributed by atoms with van der Waals surface area (Å²) in [5, 5.41) is 0. The minimum Gasteiger partial charge on any atom is -0.376 e. The Kier molecular flexibility index (Phi) is 5.11. The smallest absolute Gasteiger partial charge is 0.180 e. The van der Waals surface area contributed by atoms with Gasteiger partial charge in [0.1, 0.15) is 0 Å². The maximum atomic E-state index is 12.1. The second-order valence-corrected chi connectivity index (χ2v) is 5.95. The Bertz CT molecular complexity index is 457. The molecule has 4 nitrogen and oxygen atoms in total. The lowest BCUT2D eigenvalue weighted by molar-refractivity contribution is 0.0846. The molecule has 0 fully saturated rings. The lowest BCUT2D eigenvalue weighted by atomic mass is 10.2. The molecule has 0 aliphatic heterocycles. The van der Waals surface area contributed by atoms with Gasteiger partial charge in [0.15, 0.2) is 9.84 Å². The molecule has 0 saturated heterocycles. The normalized spacial score (nSPS) is 13.6. The molecule has 0 radical (unpaired) electrons. The number of ether oxygens (including phenoxy) is 1. The number of benzene rings is 1. The number of hydrogen-bond acceptors (Lipinski definition) is 4. The van der Waals surface area contributed by atoms with E-state index in [9.17, 15) is 8.42 Å². The molecule has 1 rings (SSSR count). The third kappa shape index (κ3) is 4.11. The number of rotatable bonds is 6. The maximum absolute atomic E-state index is 12.1. The van der Waals surface area contributed by atoms with Crippen LogP contribution in [-0.2, 0) is 14.6 Å². The molecule has 0 aromatic heterocycles. The Labute approximate surface area is 103 Å². The molecule has 96 valence electrons. The number of nitrogens with two attached hydrogens (primary N) is 1. The van der Waals surface area contributed by atoms with Gasteiger partial charge in [-0.2, -0.15) is 0 Å². The van der Waals surface area contributed by atoms with Crippen LogP contribution in [0.25, 0.3) is 0 Å². The van der Waals surface area contributed by atoms with Crippen LogP contribution in [0.4, 0.5) is 0 Å². The Morgan fingerprint density at radius 1 is 1.41 bits per heavy atom. The van der Waals surface area contributed by atoms with E-state index in [1.165, 1.54) is 0 Å². The fourth-order valence-corrected chi connectivity index (χ4v) is 3.14. The minimum absolute atomic E-state index is 0.0687. The third-order valence-electron chi connectivity index (χ3n) is 2.42. The highest BCUT2D eigenvalue weighted by Gasteiger charge is 2.20. The molecule has 0 bridgehead atoms. The summed E-state index contributed by atoms with van der Waals surface area (Å²) in [5.41, 5.74) is 6.41. The van der Waals surface area contributed by atoms with Gasteiger partial charge in [-0.3, -0.25) is 0 Å². The molecule has 0 aliphatic rings. The highest BCUT2D eigenvalue weighted by Crippen LogP contribution is 2.14. The summed E-state index contributed by atoms with van der Waals surface area (Å²) < 4.78 is 29.5. The topological polar surface area (TPSA) is 69.4 Å². The summed E-state index contributed by atoms with van der Waals surface area (Å²) in [6, 6.07) is 6.86. The lowest BCUT2D eigenvalue weighted by Crippen LogP contribution is -2.31. The van der Waals surface area contributed by atoms with Crippen molar-refractivity contribution in [3.05, 3.63) is 29.8 Å². The van der Waals surface area contributed by atoms with Crippen LogP contribution in [0.1, 0.15) is 12.5 Å². The van der Waals surface area contributed by atoms with E-state index in [0.29, 0.717) is 11.5 Å². The van der Waals surface area contributed by atoms with Crippen molar-refractivity contribution in [3.8, 4) is 0 Å². The standard InChI is InChI=1S/C12H19NO3S/c1-3-16-11(8-13)9-17(14,15)12-6-4-5-10(2)7-12/h4-7,11H,3,8-9,13H2,1-2H3. The van der Waals surface area contributed by atoms with Gasteiger partial charge in [-0.05, 0) is 31.5 Å². The molecular weight excluding hydrogens is 238 g/mol. The largest absolute Gasteiger partial charge is 0.376 e. The molecule has 1 atom stereocenters. The monoisotopic (exact) mass is 257 g/mol. The second-order valence-electron chi connectivity index (χ2n) is 3.91. The molecule has 1 aromatic carbocycles. The van der Waals surface area contributed by atoms with Crippen molar-refractivity contribution in [1.29, 1.82) is 0 Å². The van der Waals surface area contributed by atoms with Crippen molar-refractivity contribution in [3.63, 3.8) is 0 Å². The predicted octanol–water partition coefficient (Wildman–Crippen LogP) is 1.13. The van der Waals surface area contributed by atoms with Crippen LogP contribution in [0.15, 0.2) is 29.2 Å². The quantitative estimate of drug-likeness (QED) is 0.829. The second kappa shape index (κ2) is 6.14. The van der Waals surface area contributed by atoms with E-state index < -0.39 is 15.9 Å². The molecule has 1 unspecified atom stereocenters. The van der Waals surface area contributed by atoms with Crippen molar-refractivity contribution >= 4 is 9.84 Å². The first-order valence-corrected chi connectivity index (χ1v) is 7.26. The van der Waals surface area contributed by atoms with Gasteiger partial charge in [-0.15, -0.1) is 0 Å². The van der Waals surface area contributed by atoms with E-state index in [4.69, 9.17) is 10.5 Å². The van der Waals surface area contributed by atoms with Gasteiger partial charge >= 0.3 is 0 Å². The third-order valence-corrected chi connectivity index (χ3v) is 4.20. The molecule has 1 aromatic rings.